The van der Waals surface area contributed by atoms with Crippen molar-refractivity contribution in [1.82, 2.24) is 9.97 Å². The summed E-state index contributed by atoms with van der Waals surface area (Å²) < 4.78 is 20.2. The van der Waals surface area contributed by atoms with Crippen molar-refractivity contribution < 1.29 is 19.3 Å². The molecule has 0 spiro atoms. The van der Waals surface area contributed by atoms with E-state index in [1.165, 1.54) is 5.19 Å². The fourth-order valence-electron chi connectivity index (χ4n) is 4.24. The summed E-state index contributed by atoms with van der Waals surface area (Å²) in [6, 6.07) is 10.4. The third-order valence-electron chi connectivity index (χ3n) is 6.25. The van der Waals surface area contributed by atoms with Gasteiger partial charge in [-0.25, -0.2) is 9.37 Å². The lowest BCUT2D eigenvalue weighted by atomic mass is 9.93. The Morgan fingerprint density at radius 2 is 2.00 bits per heavy atom. The summed E-state index contributed by atoms with van der Waals surface area (Å²) in [6.07, 6.45) is -1.30. The molecule has 5 atom stereocenters. The number of aromatic nitrogens is 2. The van der Waals surface area contributed by atoms with Crippen LogP contribution in [0, 0.1) is 5.92 Å². The Morgan fingerprint density at radius 3 is 2.69 bits per heavy atom. The number of nitrogens with zero attached hydrogens (tertiary/aromatic N) is 3. The quantitative estimate of drug-likeness (QED) is 0.435. The predicted molar refractivity (Wildman–Crippen MR) is 126 cm³/mol. The molecule has 32 heavy (non-hydrogen) atoms. The number of aryl methyl sites for hydroxylation is 1. The average Bonchev–Trinajstić information content (AvgIpc) is 2.94. The van der Waals surface area contributed by atoms with Crippen LogP contribution in [0.2, 0.25) is 18.4 Å². The molecule has 0 aliphatic carbocycles. The van der Waals surface area contributed by atoms with Gasteiger partial charge in [-0.15, -0.1) is 0 Å². The standard InChI is InChI=1S/C22H28ClFN4O3Si/c1-32(2,14-6-4-3-5-7-14)12-26-21-18-15(27-22(23)28-21)9-8-13(10-25-18)20-17(24)19(30)16(11-29)31-20/h3-7,10,13,16-17,19-20,29-30H,8-9,11-12H2,1-2H3,(H,26,27,28)/t13?,16-,17-,19-,20+/m1/s1. The Kier molecular flexibility index (Phi) is 6.92. The van der Waals surface area contributed by atoms with Gasteiger partial charge in [-0.3, -0.25) is 4.99 Å². The maximum Gasteiger partial charge on any atom is 0.224 e. The number of fused-ring (bicyclic) bond motifs is 1. The molecule has 1 saturated heterocycles. The van der Waals surface area contributed by atoms with Crippen LogP contribution in [-0.2, 0) is 11.2 Å². The maximum atomic E-state index is 14.6. The van der Waals surface area contributed by atoms with E-state index in [9.17, 15) is 14.6 Å². The summed E-state index contributed by atoms with van der Waals surface area (Å²) in [5.41, 5.74) is 1.29. The first kappa shape index (κ1) is 23.3. The highest BCUT2D eigenvalue weighted by Gasteiger charge is 2.47. The number of hydrogen-bond donors (Lipinski definition) is 3. The molecule has 0 bridgehead atoms. The minimum Gasteiger partial charge on any atom is -0.394 e. The smallest absolute Gasteiger partial charge is 0.224 e. The zero-order valence-electron chi connectivity index (χ0n) is 18.1. The Balaban J connectivity index is 1.54. The molecule has 3 heterocycles. The molecule has 1 fully saturated rings. The molecule has 2 aromatic rings. The van der Waals surface area contributed by atoms with Crippen LogP contribution in [0.25, 0.3) is 0 Å². The van der Waals surface area contributed by atoms with E-state index >= 15 is 0 Å². The van der Waals surface area contributed by atoms with Crippen LogP contribution in [0.1, 0.15) is 12.1 Å². The number of benzene rings is 1. The first-order valence-electron chi connectivity index (χ1n) is 10.8. The highest BCUT2D eigenvalue weighted by atomic mass is 35.5. The monoisotopic (exact) mass is 478 g/mol. The summed E-state index contributed by atoms with van der Waals surface area (Å²) in [5, 5.41) is 24.2. The third-order valence-corrected chi connectivity index (χ3v) is 9.37. The van der Waals surface area contributed by atoms with Gasteiger partial charge in [0.25, 0.3) is 0 Å². The number of anilines is 1. The minimum atomic E-state index is -1.79. The Morgan fingerprint density at radius 1 is 1.25 bits per heavy atom. The summed E-state index contributed by atoms with van der Waals surface area (Å²) in [5.74, 6) is 0.193. The van der Waals surface area contributed by atoms with Crippen LogP contribution < -0.4 is 10.5 Å². The average molecular weight is 479 g/mol. The van der Waals surface area contributed by atoms with Crippen molar-refractivity contribution >= 4 is 42.6 Å². The van der Waals surface area contributed by atoms with E-state index < -0.39 is 39.2 Å². The van der Waals surface area contributed by atoms with Crippen LogP contribution in [0.15, 0.2) is 35.3 Å². The van der Waals surface area contributed by atoms with Gasteiger partial charge in [-0.2, -0.15) is 4.98 Å². The van der Waals surface area contributed by atoms with E-state index in [-0.39, 0.29) is 11.2 Å². The molecule has 1 aromatic carbocycles. The van der Waals surface area contributed by atoms with Gasteiger partial charge < -0.3 is 20.3 Å². The SMILES string of the molecule is C[Si](C)(CNc1nc(Cl)nc2c1N=CC([C@@H]1O[C@H](CO)[C@@H](O)[C@H]1F)CC2)c1ccccc1. The van der Waals surface area contributed by atoms with Gasteiger partial charge in [0.15, 0.2) is 12.0 Å². The lowest BCUT2D eigenvalue weighted by Gasteiger charge is -2.24. The van der Waals surface area contributed by atoms with Crippen molar-refractivity contribution in [3.63, 3.8) is 0 Å². The molecular formula is C22H28ClFN4O3Si. The zero-order valence-corrected chi connectivity index (χ0v) is 19.8. The van der Waals surface area contributed by atoms with Crippen molar-refractivity contribution in [3.05, 3.63) is 41.3 Å². The summed E-state index contributed by atoms with van der Waals surface area (Å²) >= 11 is 6.20. The summed E-state index contributed by atoms with van der Waals surface area (Å²) in [7, 11) is -1.79. The summed E-state index contributed by atoms with van der Waals surface area (Å²) in [4.78, 5) is 13.3. The van der Waals surface area contributed by atoms with E-state index in [0.29, 0.717) is 30.0 Å². The number of alkyl halides is 1. The number of ether oxygens (including phenoxy) is 1. The number of halogens is 2. The van der Waals surface area contributed by atoms with E-state index in [4.69, 9.17) is 16.3 Å². The molecule has 7 nitrogen and oxygen atoms in total. The van der Waals surface area contributed by atoms with E-state index in [1.807, 2.05) is 18.2 Å². The zero-order chi connectivity index (χ0) is 22.9. The van der Waals surface area contributed by atoms with Crippen LogP contribution in [0.5, 0.6) is 0 Å². The number of aliphatic imine (C=N–C) groups is 1. The summed E-state index contributed by atoms with van der Waals surface area (Å²) in [6.45, 7) is 4.12. The van der Waals surface area contributed by atoms with Gasteiger partial charge in [0.2, 0.25) is 5.28 Å². The van der Waals surface area contributed by atoms with Gasteiger partial charge in [-0.1, -0.05) is 48.6 Å². The highest BCUT2D eigenvalue weighted by Crippen LogP contribution is 2.36. The van der Waals surface area contributed by atoms with Gasteiger partial charge in [-0.05, 0) is 24.4 Å². The van der Waals surface area contributed by atoms with Crippen LogP contribution in [-0.4, -0.2) is 71.7 Å². The van der Waals surface area contributed by atoms with E-state index in [0.717, 1.165) is 6.17 Å². The van der Waals surface area contributed by atoms with Crippen LogP contribution in [0.3, 0.4) is 0 Å². The van der Waals surface area contributed by atoms with E-state index in [2.05, 4.69) is 45.5 Å². The second-order valence-electron chi connectivity index (χ2n) is 8.98. The van der Waals surface area contributed by atoms with Gasteiger partial charge in [0, 0.05) is 18.3 Å². The normalized spacial score (nSPS) is 27.8. The molecule has 1 unspecified atom stereocenters. The fraction of sp³-hybridized carbons (Fsp3) is 0.500. The number of hydrogen-bond acceptors (Lipinski definition) is 7. The molecule has 0 radical (unpaired) electrons. The van der Waals surface area contributed by atoms with Crippen LogP contribution >= 0.6 is 11.6 Å². The Labute approximate surface area is 192 Å². The van der Waals surface area contributed by atoms with Gasteiger partial charge >= 0.3 is 0 Å². The Bertz CT molecular complexity index is 981. The van der Waals surface area contributed by atoms with Gasteiger partial charge in [0.05, 0.1) is 18.4 Å². The van der Waals surface area contributed by atoms with E-state index in [1.54, 1.807) is 6.21 Å². The molecule has 0 amide bonds. The number of aliphatic hydroxyl groups excluding tert-OH is 2. The van der Waals surface area contributed by atoms with Gasteiger partial charge in [0.1, 0.15) is 26.0 Å². The molecule has 2 aliphatic rings. The van der Waals surface area contributed by atoms with Crippen molar-refractivity contribution in [2.45, 2.75) is 50.4 Å². The largest absolute Gasteiger partial charge is 0.394 e. The number of nitrogens with one attached hydrogen (secondary N) is 1. The predicted octanol–water partition coefficient (Wildman–Crippen LogP) is 2.42. The number of rotatable bonds is 6. The molecule has 4 rings (SSSR count). The van der Waals surface area contributed by atoms with Crippen LogP contribution in [0.4, 0.5) is 15.9 Å². The Hall–Kier alpha value is -1.91. The lowest BCUT2D eigenvalue weighted by Crippen LogP contribution is -2.48. The fourth-order valence-corrected chi connectivity index (χ4v) is 6.34. The first-order valence-corrected chi connectivity index (χ1v) is 14.4. The molecule has 3 N–H and O–H groups in total. The molecule has 2 aliphatic heterocycles. The van der Waals surface area contributed by atoms with Crippen molar-refractivity contribution in [2.24, 2.45) is 10.9 Å². The number of aliphatic hydroxyl groups is 2. The molecular weight excluding hydrogens is 451 g/mol. The molecule has 10 heteroatoms. The van der Waals surface area contributed by atoms with Crippen molar-refractivity contribution in [2.75, 3.05) is 18.1 Å². The third kappa shape index (κ3) is 4.72. The second kappa shape index (κ2) is 9.52. The second-order valence-corrected chi connectivity index (χ2v) is 14.0. The topological polar surface area (TPSA) is 99.9 Å². The van der Waals surface area contributed by atoms with Crippen molar-refractivity contribution in [3.8, 4) is 0 Å². The molecule has 0 saturated carbocycles. The first-order chi connectivity index (χ1) is 15.3. The highest BCUT2D eigenvalue weighted by molar-refractivity contribution is 6.90. The molecule has 172 valence electrons. The maximum absolute atomic E-state index is 14.6. The van der Waals surface area contributed by atoms with Crippen molar-refractivity contribution in [1.29, 1.82) is 0 Å². The molecule has 1 aromatic heterocycles. The minimum absolute atomic E-state index is 0.135. The lowest BCUT2D eigenvalue weighted by molar-refractivity contribution is -0.0311.